The van der Waals surface area contributed by atoms with Crippen molar-refractivity contribution in [2.75, 3.05) is 29.6 Å². The van der Waals surface area contributed by atoms with E-state index in [0.29, 0.717) is 30.0 Å². The molecule has 0 spiro atoms. The number of ether oxygens (including phenoxy) is 1. The molecule has 1 atom stereocenters. The molecule has 0 aliphatic carbocycles. The fraction of sp³-hybridized carbons (Fsp3) is 0.562. The van der Waals surface area contributed by atoms with E-state index in [1.165, 1.54) is 12.5 Å². The molecule has 2 aliphatic heterocycles. The highest BCUT2D eigenvalue weighted by Crippen LogP contribution is 2.35. The van der Waals surface area contributed by atoms with Crippen LogP contribution in [0.15, 0.2) is 18.2 Å². The van der Waals surface area contributed by atoms with E-state index < -0.39 is 0 Å². The van der Waals surface area contributed by atoms with E-state index >= 15 is 0 Å². The normalized spacial score (nSPS) is 20.3. The summed E-state index contributed by atoms with van der Waals surface area (Å²) in [7, 11) is 0. The first kappa shape index (κ1) is 16.3. The molecule has 124 valence electrons. The van der Waals surface area contributed by atoms with Crippen LogP contribution in [-0.4, -0.2) is 41.6 Å². The lowest BCUT2D eigenvalue weighted by molar-refractivity contribution is -0.385. The Balaban J connectivity index is 1.58. The molecule has 23 heavy (non-hydrogen) atoms. The summed E-state index contributed by atoms with van der Waals surface area (Å²) < 4.78 is 5.66. The van der Waals surface area contributed by atoms with E-state index in [1.807, 2.05) is 0 Å². The van der Waals surface area contributed by atoms with Gasteiger partial charge in [-0.15, -0.1) is 11.8 Å². The summed E-state index contributed by atoms with van der Waals surface area (Å²) in [6.07, 6.45) is 4.20. The molecule has 1 saturated heterocycles. The Hall–Kier alpha value is -1.60. The quantitative estimate of drug-likeness (QED) is 0.611. The van der Waals surface area contributed by atoms with Gasteiger partial charge < -0.3 is 9.64 Å². The van der Waals surface area contributed by atoms with Crippen LogP contribution >= 0.6 is 11.8 Å². The highest BCUT2D eigenvalue weighted by atomic mass is 32.2. The number of nitro groups is 1. The highest BCUT2D eigenvalue weighted by Gasteiger charge is 2.30. The molecule has 1 aromatic carbocycles. The molecule has 0 saturated carbocycles. The topological polar surface area (TPSA) is 72.7 Å². The van der Waals surface area contributed by atoms with E-state index in [9.17, 15) is 14.9 Å². The van der Waals surface area contributed by atoms with Gasteiger partial charge in [-0.2, -0.15) is 0 Å². The van der Waals surface area contributed by atoms with Gasteiger partial charge in [0.15, 0.2) is 0 Å². The first-order valence-electron chi connectivity index (χ1n) is 7.93. The third kappa shape index (κ3) is 3.67. The number of carbonyl (C=O) groups is 1. The number of amides is 1. The Morgan fingerprint density at radius 3 is 3.04 bits per heavy atom. The van der Waals surface area contributed by atoms with Crippen molar-refractivity contribution in [2.24, 2.45) is 0 Å². The zero-order chi connectivity index (χ0) is 16.2. The number of carbonyl (C=O) groups excluding carboxylic acids is 1. The van der Waals surface area contributed by atoms with Gasteiger partial charge in [-0.3, -0.25) is 14.9 Å². The largest absolute Gasteiger partial charge is 0.377 e. The third-order valence-electron chi connectivity index (χ3n) is 4.30. The van der Waals surface area contributed by atoms with E-state index in [2.05, 4.69) is 0 Å². The Morgan fingerprint density at radius 1 is 1.43 bits per heavy atom. The van der Waals surface area contributed by atoms with Crippen LogP contribution in [0.25, 0.3) is 0 Å². The molecule has 1 aromatic rings. The number of nitro benzene ring substituents is 1. The molecule has 1 fully saturated rings. The van der Waals surface area contributed by atoms with Crippen LogP contribution in [0.2, 0.25) is 0 Å². The van der Waals surface area contributed by atoms with E-state index in [4.69, 9.17) is 4.74 Å². The van der Waals surface area contributed by atoms with Crippen LogP contribution in [-0.2, 0) is 16.0 Å². The lowest BCUT2D eigenvalue weighted by Gasteiger charge is -2.22. The van der Waals surface area contributed by atoms with Gasteiger partial charge >= 0.3 is 0 Å². The average molecular weight is 336 g/mol. The summed E-state index contributed by atoms with van der Waals surface area (Å²) in [5, 5.41) is 11.1. The number of hydrogen-bond acceptors (Lipinski definition) is 5. The molecule has 0 aromatic heterocycles. The molecule has 1 amide bonds. The fourth-order valence-electron chi connectivity index (χ4n) is 3.14. The van der Waals surface area contributed by atoms with Crippen molar-refractivity contribution in [2.45, 2.75) is 31.8 Å². The number of nitrogens with zero attached hydrogens (tertiary/aromatic N) is 2. The second-order valence-electron chi connectivity index (χ2n) is 5.83. The Kier molecular flexibility index (Phi) is 5.17. The number of hydrogen-bond donors (Lipinski definition) is 0. The van der Waals surface area contributed by atoms with Gasteiger partial charge in [0.2, 0.25) is 5.91 Å². The fourth-order valence-corrected chi connectivity index (χ4v) is 4.11. The van der Waals surface area contributed by atoms with Crippen LogP contribution < -0.4 is 4.90 Å². The maximum atomic E-state index is 12.4. The van der Waals surface area contributed by atoms with Crippen molar-refractivity contribution in [1.82, 2.24) is 0 Å². The molecule has 0 radical (unpaired) electrons. The standard InChI is InChI=1S/C16H20N2O4S/c19-16(11-23-10-12-4-1-2-9-22-12)17-8-7-13-14(17)5-3-6-15(13)18(20)21/h3,5-6,12H,1-2,4,7-11H2/t12-/m0/s1. The summed E-state index contributed by atoms with van der Waals surface area (Å²) in [5.41, 5.74) is 1.48. The van der Waals surface area contributed by atoms with Crippen molar-refractivity contribution in [3.05, 3.63) is 33.9 Å². The summed E-state index contributed by atoms with van der Waals surface area (Å²) in [6, 6.07) is 4.94. The predicted molar refractivity (Wildman–Crippen MR) is 90.1 cm³/mol. The SMILES string of the molecule is O=C(CSC[C@@H]1CCCCO1)N1CCc2c1cccc2[N+](=O)[O-]. The number of fused-ring (bicyclic) bond motifs is 1. The minimum atomic E-state index is -0.373. The zero-order valence-corrected chi connectivity index (χ0v) is 13.7. The number of rotatable bonds is 5. The number of anilines is 1. The minimum absolute atomic E-state index is 0.0186. The lowest BCUT2D eigenvalue weighted by atomic mass is 10.1. The van der Waals surface area contributed by atoms with Gasteiger partial charge in [-0.05, 0) is 31.7 Å². The summed E-state index contributed by atoms with van der Waals surface area (Å²) in [4.78, 5) is 24.8. The highest BCUT2D eigenvalue weighted by molar-refractivity contribution is 8.00. The van der Waals surface area contributed by atoms with Crippen LogP contribution in [0, 0.1) is 10.1 Å². The molecule has 3 rings (SSSR count). The third-order valence-corrected chi connectivity index (χ3v) is 5.36. The Morgan fingerprint density at radius 2 is 2.30 bits per heavy atom. The van der Waals surface area contributed by atoms with Gasteiger partial charge in [0, 0.05) is 25.0 Å². The Bertz CT molecular complexity index is 602. The van der Waals surface area contributed by atoms with Crippen molar-refractivity contribution in [1.29, 1.82) is 0 Å². The second kappa shape index (κ2) is 7.31. The van der Waals surface area contributed by atoms with Crippen molar-refractivity contribution in [3.63, 3.8) is 0 Å². The summed E-state index contributed by atoms with van der Waals surface area (Å²) >= 11 is 1.59. The van der Waals surface area contributed by atoms with Crippen molar-refractivity contribution in [3.8, 4) is 0 Å². The van der Waals surface area contributed by atoms with Crippen LogP contribution in [0.3, 0.4) is 0 Å². The first-order chi connectivity index (χ1) is 11.2. The van der Waals surface area contributed by atoms with Gasteiger partial charge in [0.05, 0.1) is 28.0 Å². The van der Waals surface area contributed by atoms with Crippen molar-refractivity contribution >= 4 is 29.0 Å². The monoisotopic (exact) mass is 336 g/mol. The molecule has 6 nitrogen and oxygen atoms in total. The molecule has 7 heteroatoms. The zero-order valence-electron chi connectivity index (χ0n) is 12.9. The summed E-state index contributed by atoms with van der Waals surface area (Å²) in [5.74, 6) is 1.24. The van der Waals surface area contributed by atoms with Crippen LogP contribution in [0.1, 0.15) is 24.8 Å². The molecule has 0 N–H and O–H groups in total. The van der Waals surface area contributed by atoms with E-state index in [1.54, 1.807) is 28.8 Å². The van der Waals surface area contributed by atoms with Gasteiger partial charge in [-0.1, -0.05) is 6.07 Å². The second-order valence-corrected chi connectivity index (χ2v) is 6.86. The average Bonchev–Trinajstić information content (AvgIpc) is 2.99. The lowest BCUT2D eigenvalue weighted by Crippen LogP contribution is -2.31. The smallest absolute Gasteiger partial charge is 0.274 e. The Labute approximate surface area is 139 Å². The molecule has 0 bridgehead atoms. The first-order valence-corrected chi connectivity index (χ1v) is 9.08. The molecule has 0 unspecified atom stereocenters. The van der Waals surface area contributed by atoms with Crippen LogP contribution in [0.5, 0.6) is 0 Å². The van der Waals surface area contributed by atoms with Crippen LogP contribution in [0.4, 0.5) is 11.4 Å². The maximum Gasteiger partial charge on any atom is 0.274 e. The maximum absolute atomic E-state index is 12.4. The summed E-state index contributed by atoms with van der Waals surface area (Å²) in [6.45, 7) is 1.35. The number of benzene rings is 1. The van der Waals surface area contributed by atoms with Gasteiger partial charge in [-0.25, -0.2) is 0 Å². The molecule has 2 heterocycles. The molecular formula is C16H20N2O4S. The van der Waals surface area contributed by atoms with Gasteiger partial charge in [0.25, 0.3) is 5.69 Å². The minimum Gasteiger partial charge on any atom is -0.377 e. The van der Waals surface area contributed by atoms with Crippen molar-refractivity contribution < 1.29 is 14.5 Å². The molecular weight excluding hydrogens is 316 g/mol. The number of thioether (sulfide) groups is 1. The molecule has 2 aliphatic rings. The van der Waals surface area contributed by atoms with Gasteiger partial charge in [0.1, 0.15) is 0 Å². The van der Waals surface area contributed by atoms with E-state index in [0.717, 1.165) is 25.2 Å². The van der Waals surface area contributed by atoms with E-state index in [-0.39, 0.29) is 22.6 Å². The predicted octanol–water partition coefficient (Wildman–Crippen LogP) is 2.79.